The van der Waals surface area contributed by atoms with Crippen LogP contribution in [0.15, 0.2) is 29.8 Å². The monoisotopic (exact) mass is 340 g/mol. The van der Waals surface area contributed by atoms with Gasteiger partial charge < -0.3 is 0 Å². The summed E-state index contributed by atoms with van der Waals surface area (Å²) < 4.78 is 27.3. The van der Waals surface area contributed by atoms with E-state index in [1.54, 1.807) is 11.3 Å². The third-order valence-corrected chi connectivity index (χ3v) is 5.28. The standard InChI is InChI=1S/C14H20N4O2S2/c1-22(19,20)16-7-12-8-17(11-14-3-2-6-21-14)10-13-4-5-15-18(13)9-12/h2-6,12,16H,7-11H2,1H3/t12-/m1/s1. The van der Waals surface area contributed by atoms with Crippen LogP contribution in [0.1, 0.15) is 10.6 Å². The highest BCUT2D eigenvalue weighted by Gasteiger charge is 2.23. The van der Waals surface area contributed by atoms with E-state index < -0.39 is 10.0 Å². The third kappa shape index (κ3) is 4.16. The fraction of sp³-hybridized carbons (Fsp3) is 0.500. The zero-order valence-electron chi connectivity index (χ0n) is 12.5. The van der Waals surface area contributed by atoms with E-state index in [9.17, 15) is 8.42 Å². The van der Waals surface area contributed by atoms with Crippen molar-refractivity contribution in [2.75, 3.05) is 19.3 Å². The van der Waals surface area contributed by atoms with Crippen molar-refractivity contribution in [3.05, 3.63) is 40.3 Å². The smallest absolute Gasteiger partial charge is 0.208 e. The summed E-state index contributed by atoms with van der Waals surface area (Å²) in [4.78, 5) is 3.68. The van der Waals surface area contributed by atoms with Crippen LogP contribution in [0.5, 0.6) is 0 Å². The quantitative estimate of drug-likeness (QED) is 0.886. The van der Waals surface area contributed by atoms with Gasteiger partial charge in [-0.3, -0.25) is 9.58 Å². The number of hydrogen-bond donors (Lipinski definition) is 1. The lowest BCUT2D eigenvalue weighted by molar-refractivity contribution is 0.223. The van der Waals surface area contributed by atoms with E-state index in [0.717, 1.165) is 26.2 Å². The minimum absolute atomic E-state index is 0.204. The zero-order chi connectivity index (χ0) is 15.6. The average molecular weight is 340 g/mol. The lowest BCUT2D eigenvalue weighted by Crippen LogP contribution is -2.36. The molecule has 2 aromatic rings. The Morgan fingerprint density at radius 3 is 3.00 bits per heavy atom. The largest absolute Gasteiger partial charge is 0.292 e. The minimum Gasteiger partial charge on any atom is -0.292 e. The van der Waals surface area contributed by atoms with Crippen LogP contribution in [-0.4, -0.2) is 42.4 Å². The molecule has 1 atom stereocenters. The summed E-state index contributed by atoms with van der Waals surface area (Å²) in [5.74, 6) is 0.204. The number of sulfonamides is 1. The van der Waals surface area contributed by atoms with Gasteiger partial charge in [-0.25, -0.2) is 13.1 Å². The Hall–Kier alpha value is -1.22. The molecule has 2 aromatic heterocycles. The van der Waals surface area contributed by atoms with E-state index in [4.69, 9.17) is 0 Å². The van der Waals surface area contributed by atoms with Crippen LogP contribution in [0.25, 0.3) is 0 Å². The van der Waals surface area contributed by atoms with Crippen LogP contribution >= 0.6 is 11.3 Å². The molecular formula is C14H20N4O2S2. The third-order valence-electron chi connectivity index (χ3n) is 3.73. The molecule has 1 aliphatic heterocycles. The minimum atomic E-state index is -3.16. The molecule has 6 nitrogen and oxygen atoms in total. The topological polar surface area (TPSA) is 67.2 Å². The molecule has 120 valence electrons. The first-order chi connectivity index (χ1) is 10.5. The van der Waals surface area contributed by atoms with Crippen molar-refractivity contribution in [2.45, 2.75) is 19.6 Å². The van der Waals surface area contributed by atoms with Crippen molar-refractivity contribution in [1.29, 1.82) is 0 Å². The Morgan fingerprint density at radius 1 is 1.41 bits per heavy atom. The lowest BCUT2D eigenvalue weighted by Gasteiger charge is -2.23. The van der Waals surface area contributed by atoms with E-state index in [1.165, 1.54) is 16.8 Å². The number of thiophene rings is 1. The first kappa shape index (κ1) is 15.7. The first-order valence-corrected chi connectivity index (χ1v) is 9.97. The van der Waals surface area contributed by atoms with Crippen LogP contribution in [0.4, 0.5) is 0 Å². The molecule has 0 aliphatic carbocycles. The number of nitrogens with zero attached hydrogens (tertiary/aromatic N) is 3. The highest BCUT2D eigenvalue weighted by atomic mass is 32.2. The molecule has 0 aromatic carbocycles. The maximum atomic E-state index is 11.3. The average Bonchev–Trinajstić information content (AvgIpc) is 3.05. The van der Waals surface area contributed by atoms with Crippen LogP contribution in [-0.2, 0) is 29.7 Å². The molecule has 3 heterocycles. The second kappa shape index (κ2) is 6.49. The van der Waals surface area contributed by atoms with Crippen LogP contribution in [0, 0.1) is 5.92 Å². The van der Waals surface area contributed by atoms with Crippen molar-refractivity contribution in [3.8, 4) is 0 Å². The van der Waals surface area contributed by atoms with Gasteiger partial charge in [-0.15, -0.1) is 11.3 Å². The molecule has 0 spiro atoms. The van der Waals surface area contributed by atoms with Gasteiger partial charge in [0.15, 0.2) is 0 Å². The molecular weight excluding hydrogens is 320 g/mol. The van der Waals surface area contributed by atoms with E-state index in [-0.39, 0.29) is 5.92 Å². The summed E-state index contributed by atoms with van der Waals surface area (Å²) >= 11 is 1.75. The zero-order valence-corrected chi connectivity index (χ0v) is 14.1. The lowest BCUT2D eigenvalue weighted by atomic mass is 10.1. The molecule has 8 heteroatoms. The van der Waals surface area contributed by atoms with Crippen LogP contribution in [0.2, 0.25) is 0 Å². The van der Waals surface area contributed by atoms with Gasteiger partial charge in [0, 0.05) is 49.7 Å². The second-order valence-corrected chi connectivity index (χ2v) is 8.61. The van der Waals surface area contributed by atoms with Crippen LogP contribution < -0.4 is 4.72 Å². The summed E-state index contributed by atoms with van der Waals surface area (Å²) in [7, 11) is -3.16. The second-order valence-electron chi connectivity index (χ2n) is 5.74. The fourth-order valence-corrected chi connectivity index (χ4v) is 4.05. The van der Waals surface area contributed by atoms with Crippen molar-refractivity contribution < 1.29 is 8.42 Å². The predicted octanol–water partition coefficient (Wildman–Crippen LogP) is 1.13. The first-order valence-electron chi connectivity index (χ1n) is 7.20. The Kier molecular flexibility index (Phi) is 4.62. The van der Waals surface area contributed by atoms with Gasteiger partial charge in [0.2, 0.25) is 10.0 Å². The van der Waals surface area contributed by atoms with Gasteiger partial charge >= 0.3 is 0 Å². The van der Waals surface area contributed by atoms with Crippen molar-refractivity contribution >= 4 is 21.4 Å². The summed E-state index contributed by atoms with van der Waals surface area (Å²) in [6.07, 6.45) is 3.01. The molecule has 0 amide bonds. The Bertz CT molecular complexity index is 709. The molecule has 0 unspecified atom stereocenters. The van der Waals surface area contributed by atoms with Gasteiger partial charge in [-0.2, -0.15) is 5.10 Å². The number of fused-ring (bicyclic) bond motifs is 1. The Labute approximate surface area is 134 Å². The molecule has 0 radical (unpaired) electrons. The number of aromatic nitrogens is 2. The SMILES string of the molecule is CS(=O)(=O)NC[C@@H]1CN(Cc2cccs2)Cc2ccnn2C1. The number of hydrogen-bond acceptors (Lipinski definition) is 5. The molecule has 1 N–H and O–H groups in total. The summed E-state index contributed by atoms with van der Waals surface area (Å²) in [5, 5.41) is 6.44. The maximum absolute atomic E-state index is 11.3. The molecule has 22 heavy (non-hydrogen) atoms. The number of rotatable bonds is 5. The fourth-order valence-electron chi connectivity index (χ4n) is 2.76. The number of nitrogens with one attached hydrogen (secondary N) is 1. The van der Waals surface area contributed by atoms with Crippen molar-refractivity contribution in [2.24, 2.45) is 5.92 Å². The van der Waals surface area contributed by atoms with Gasteiger partial charge in [0.1, 0.15) is 0 Å². The molecule has 0 saturated heterocycles. The highest BCUT2D eigenvalue weighted by molar-refractivity contribution is 7.88. The van der Waals surface area contributed by atoms with Crippen LogP contribution in [0.3, 0.4) is 0 Å². The summed E-state index contributed by atoms with van der Waals surface area (Å²) in [6, 6.07) is 6.23. The molecule has 0 saturated carbocycles. The van der Waals surface area contributed by atoms with Gasteiger partial charge in [0.05, 0.1) is 11.9 Å². The Balaban J connectivity index is 1.74. The summed E-state index contributed by atoms with van der Waals surface area (Å²) in [5.41, 5.74) is 1.18. The predicted molar refractivity (Wildman–Crippen MR) is 87.0 cm³/mol. The maximum Gasteiger partial charge on any atom is 0.208 e. The van der Waals surface area contributed by atoms with E-state index in [0.29, 0.717) is 6.54 Å². The van der Waals surface area contributed by atoms with E-state index >= 15 is 0 Å². The molecule has 0 bridgehead atoms. The van der Waals surface area contributed by atoms with Gasteiger partial charge in [-0.1, -0.05) is 6.07 Å². The Morgan fingerprint density at radius 2 is 2.27 bits per heavy atom. The molecule has 1 aliphatic rings. The van der Waals surface area contributed by atoms with Gasteiger partial charge in [0.25, 0.3) is 0 Å². The molecule has 0 fully saturated rings. The van der Waals surface area contributed by atoms with Crippen molar-refractivity contribution in [1.82, 2.24) is 19.4 Å². The highest BCUT2D eigenvalue weighted by Crippen LogP contribution is 2.19. The molecule has 3 rings (SSSR count). The normalized spacial score (nSPS) is 19.8. The van der Waals surface area contributed by atoms with E-state index in [2.05, 4.69) is 32.2 Å². The summed E-state index contributed by atoms with van der Waals surface area (Å²) in [6.45, 7) is 3.76. The van der Waals surface area contributed by atoms with E-state index in [1.807, 2.05) is 16.9 Å². The van der Waals surface area contributed by atoms with Crippen molar-refractivity contribution in [3.63, 3.8) is 0 Å². The van der Waals surface area contributed by atoms with Gasteiger partial charge in [-0.05, 0) is 17.5 Å².